The molecule has 0 aliphatic carbocycles. The zero-order chi connectivity index (χ0) is 15.7. The lowest BCUT2D eigenvalue weighted by atomic mass is 10.2. The number of nitrogens with zero attached hydrogens (tertiary/aromatic N) is 6. The van der Waals surface area contributed by atoms with Gasteiger partial charge in [0.05, 0.1) is 18.7 Å². The van der Waals surface area contributed by atoms with E-state index in [1.54, 1.807) is 12.5 Å². The Morgan fingerprint density at radius 2 is 1.91 bits per heavy atom. The van der Waals surface area contributed by atoms with Crippen molar-refractivity contribution in [3.8, 4) is 11.4 Å². The lowest BCUT2D eigenvalue weighted by Crippen LogP contribution is -2.07. The van der Waals surface area contributed by atoms with Crippen molar-refractivity contribution in [1.29, 1.82) is 0 Å². The molecule has 0 radical (unpaired) electrons. The molecule has 0 atom stereocenters. The van der Waals surface area contributed by atoms with Crippen molar-refractivity contribution in [1.82, 2.24) is 29.5 Å². The van der Waals surface area contributed by atoms with E-state index in [4.69, 9.17) is 17.3 Å². The minimum atomic E-state index is 0.161. The van der Waals surface area contributed by atoms with E-state index in [1.807, 2.05) is 4.57 Å². The summed E-state index contributed by atoms with van der Waals surface area (Å²) in [5.41, 5.74) is 8.08. The molecule has 3 heterocycles. The Morgan fingerprint density at radius 1 is 1.14 bits per heavy atom. The molecule has 0 bridgehead atoms. The molecule has 22 heavy (non-hydrogen) atoms. The van der Waals surface area contributed by atoms with Crippen molar-refractivity contribution in [3.63, 3.8) is 0 Å². The summed E-state index contributed by atoms with van der Waals surface area (Å²) in [6, 6.07) is 0.321. The highest BCUT2D eigenvalue weighted by atomic mass is 35.5. The van der Waals surface area contributed by atoms with Crippen molar-refractivity contribution in [2.75, 3.05) is 5.73 Å². The van der Waals surface area contributed by atoms with Gasteiger partial charge in [0.1, 0.15) is 22.7 Å². The first-order valence-electron chi connectivity index (χ1n) is 7.12. The van der Waals surface area contributed by atoms with Crippen LogP contribution in [0.4, 0.5) is 5.82 Å². The van der Waals surface area contributed by atoms with E-state index in [2.05, 4.69) is 38.8 Å². The SMILES string of the molecule is CCC(CC)n1cnc2c(-c3cnc(N)cn3)nc(Cl)nc21. The number of nitrogen functional groups attached to an aromatic ring is 1. The van der Waals surface area contributed by atoms with E-state index < -0.39 is 0 Å². The highest BCUT2D eigenvalue weighted by Crippen LogP contribution is 2.28. The smallest absolute Gasteiger partial charge is 0.225 e. The molecule has 0 aliphatic rings. The molecule has 3 rings (SSSR count). The molecule has 7 nitrogen and oxygen atoms in total. The van der Waals surface area contributed by atoms with Crippen LogP contribution in [0.1, 0.15) is 32.7 Å². The second-order valence-electron chi connectivity index (χ2n) is 4.96. The molecule has 0 saturated carbocycles. The monoisotopic (exact) mass is 317 g/mol. The minimum absolute atomic E-state index is 0.161. The fraction of sp³-hybridized carbons (Fsp3) is 0.357. The van der Waals surface area contributed by atoms with Gasteiger partial charge in [0.2, 0.25) is 5.28 Å². The van der Waals surface area contributed by atoms with Crippen molar-refractivity contribution >= 4 is 28.6 Å². The lowest BCUT2D eigenvalue weighted by molar-refractivity contribution is 0.480. The molecule has 3 aromatic rings. The Kier molecular flexibility index (Phi) is 3.89. The Morgan fingerprint density at radius 3 is 2.55 bits per heavy atom. The van der Waals surface area contributed by atoms with Crippen LogP contribution in [0.2, 0.25) is 5.28 Å². The maximum atomic E-state index is 6.09. The third kappa shape index (κ3) is 2.48. The van der Waals surface area contributed by atoms with Crippen molar-refractivity contribution in [3.05, 3.63) is 24.0 Å². The Labute approximate surface area is 132 Å². The average molecular weight is 318 g/mol. The number of rotatable bonds is 4. The van der Waals surface area contributed by atoms with Gasteiger partial charge in [-0.25, -0.2) is 19.9 Å². The van der Waals surface area contributed by atoms with E-state index >= 15 is 0 Å². The number of nitrogens with two attached hydrogens (primary N) is 1. The van der Waals surface area contributed by atoms with Crippen LogP contribution in [0.25, 0.3) is 22.6 Å². The number of halogens is 1. The summed E-state index contributed by atoms with van der Waals surface area (Å²) in [6.07, 6.45) is 6.79. The summed E-state index contributed by atoms with van der Waals surface area (Å²) in [7, 11) is 0. The van der Waals surface area contributed by atoms with Crippen molar-refractivity contribution < 1.29 is 0 Å². The van der Waals surface area contributed by atoms with E-state index in [1.165, 1.54) is 6.20 Å². The quantitative estimate of drug-likeness (QED) is 0.743. The van der Waals surface area contributed by atoms with Crippen LogP contribution >= 0.6 is 11.6 Å². The van der Waals surface area contributed by atoms with Crippen LogP contribution < -0.4 is 5.73 Å². The molecule has 8 heteroatoms. The average Bonchev–Trinajstić information content (AvgIpc) is 2.92. The molecule has 0 amide bonds. The van der Waals surface area contributed by atoms with Gasteiger partial charge in [0.15, 0.2) is 5.65 Å². The zero-order valence-electron chi connectivity index (χ0n) is 12.4. The van der Waals surface area contributed by atoms with E-state index in [0.717, 1.165) is 12.8 Å². The molecule has 0 saturated heterocycles. The molecule has 0 aromatic carbocycles. The lowest BCUT2D eigenvalue weighted by Gasteiger charge is -2.14. The summed E-state index contributed by atoms with van der Waals surface area (Å²) >= 11 is 6.09. The fourth-order valence-electron chi connectivity index (χ4n) is 2.48. The Bertz CT molecular complexity index is 793. The third-order valence-electron chi connectivity index (χ3n) is 3.64. The second kappa shape index (κ2) is 5.84. The van der Waals surface area contributed by atoms with E-state index in [-0.39, 0.29) is 5.28 Å². The largest absolute Gasteiger partial charge is 0.382 e. The topological polar surface area (TPSA) is 95.4 Å². The summed E-state index contributed by atoms with van der Waals surface area (Å²) in [6.45, 7) is 4.27. The van der Waals surface area contributed by atoms with Crippen molar-refractivity contribution in [2.45, 2.75) is 32.7 Å². The summed E-state index contributed by atoms with van der Waals surface area (Å²) in [5.74, 6) is 0.350. The highest BCUT2D eigenvalue weighted by Gasteiger charge is 2.18. The maximum absolute atomic E-state index is 6.09. The number of imidazole rings is 1. The molecule has 2 N–H and O–H groups in total. The van der Waals surface area contributed by atoms with Gasteiger partial charge in [-0.15, -0.1) is 0 Å². The number of anilines is 1. The van der Waals surface area contributed by atoms with Gasteiger partial charge < -0.3 is 10.3 Å². The third-order valence-corrected chi connectivity index (χ3v) is 3.81. The van der Waals surface area contributed by atoms with Gasteiger partial charge in [0.25, 0.3) is 0 Å². The van der Waals surface area contributed by atoms with Crippen LogP contribution in [-0.4, -0.2) is 29.5 Å². The van der Waals surface area contributed by atoms with Crippen LogP contribution in [-0.2, 0) is 0 Å². The van der Waals surface area contributed by atoms with Crippen LogP contribution in [0, 0.1) is 0 Å². The number of hydrogen-bond acceptors (Lipinski definition) is 6. The molecule has 3 aromatic heterocycles. The molecule has 114 valence electrons. The Hall–Kier alpha value is -2.28. The highest BCUT2D eigenvalue weighted by molar-refractivity contribution is 6.28. The fourth-order valence-corrected chi connectivity index (χ4v) is 2.64. The number of aromatic nitrogens is 6. The number of hydrogen-bond donors (Lipinski definition) is 1. The van der Waals surface area contributed by atoms with E-state index in [0.29, 0.717) is 34.4 Å². The molecular formula is C14H16ClN7. The number of fused-ring (bicyclic) bond motifs is 1. The molecular weight excluding hydrogens is 302 g/mol. The van der Waals surface area contributed by atoms with Gasteiger partial charge >= 0.3 is 0 Å². The standard InChI is InChI=1S/C14H16ClN7/c1-3-8(4-2)22-7-19-12-11(20-14(15)21-13(12)22)9-5-18-10(16)6-17-9/h5-8H,3-4H2,1-2H3,(H2,16,18). The second-order valence-corrected chi connectivity index (χ2v) is 5.30. The van der Waals surface area contributed by atoms with Crippen LogP contribution in [0.15, 0.2) is 18.7 Å². The Balaban J connectivity index is 2.22. The predicted octanol–water partition coefficient (Wildman–Crippen LogP) is 2.88. The van der Waals surface area contributed by atoms with Gasteiger partial charge in [-0.2, -0.15) is 4.98 Å². The van der Waals surface area contributed by atoms with Gasteiger partial charge in [-0.05, 0) is 24.4 Å². The maximum Gasteiger partial charge on any atom is 0.225 e. The van der Waals surface area contributed by atoms with Gasteiger partial charge in [-0.3, -0.25) is 0 Å². The minimum Gasteiger partial charge on any atom is -0.382 e. The normalized spacial score (nSPS) is 11.5. The van der Waals surface area contributed by atoms with Gasteiger partial charge in [0, 0.05) is 6.04 Å². The summed E-state index contributed by atoms with van der Waals surface area (Å²) in [5, 5.41) is 0.161. The van der Waals surface area contributed by atoms with Gasteiger partial charge in [-0.1, -0.05) is 13.8 Å². The summed E-state index contributed by atoms with van der Waals surface area (Å²) in [4.78, 5) is 21.3. The zero-order valence-corrected chi connectivity index (χ0v) is 13.1. The van der Waals surface area contributed by atoms with Crippen molar-refractivity contribution in [2.24, 2.45) is 0 Å². The molecule has 0 fully saturated rings. The first-order chi connectivity index (χ1) is 10.6. The first kappa shape index (κ1) is 14.6. The summed E-state index contributed by atoms with van der Waals surface area (Å²) < 4.78 is 2.04. The van der Waals surface area contributed by atoms with Crippen LogP contribution in [0.3, 0.4) is 0 Å². The molecule has 0 unspecified atom stereocenters. The first-order valence-corrected chi connectivity index (χ1v) is 7.49. The van der Waals surface area contributed by atoms with Crippen LogP contribution in [0.5, 0.6) is 0 Å². The van der Waals surface area contributed by atoms with E-state index in [9.17, 15) is 0 Å². The molecule has 0 spiro atoms. The molecule has 0 aliphatic heterocycles. The predicted molar refractivity (Wildman–Crippen MR) is 85.4 cm³/mol.